The standard InChI is InChI=1S/C21H18O3/c22-20-14-18(13-16-7-3-1-4-8-16)11-12-19(20)21(23)24-15-17-9-5-2-6-10-17/h1-12H,13-15H2. The average molecular weight is 318 g/mol. The molecular weight excluding hydrogens is 300 g/mol. The van der Waals surface area contributed by atoms with Crippen LogP contribution in [0, 0.1) is 0 Å². The van der Waals surface area contributed by atoms with Crippen molar-refractivity contribution in [3.8, 4) is 0 Å². The van der Waals surface area contributed by atoms with E-state index in [0.717, 1.165) is 23.1 Å². The van der Waals surface area contributed by atoms with Gasteiger partial charge in [0.05, 0.1) is 0 Å². The summed E-state index contributed by atoms with van der Waals surface area (Å²) in [7, 11) is 0. The number of hydrogen-bond acceptors (Lipinski definition) is 3. The Balaban J connectivity index is 1.63. The topological polar surface area (TPSA) is 43.4 Å². The summed E-state index contributed by atoms with van der Waals surface area (Å²) in [5.74, 6) is -0.736. The second kappa shape index (κ2) is 7.55. The molecule has 0 atom stereocenters. The molecule has 2 aromatic rings. The SMILES string of the molecule is O=C1CC(Cc2ccccc2)=CC=C1C(=O)OCc1ccccc1. The lowest BCUT2D eigenvalue weighted by atomic mass is 9.93. The fourth-order valence-corrected chi connectivity index (χ4v) is 2.62. The van der Waals surface area contributed by atoms with E-state index in [2.05, 4.69) is 0 Å². The van der Waals surface area contributed by atoms with Crippen molar-refractivity contribution in [3.63, 3.8) is 0 Å². The maximum atomic E-state index is 12.2. The summed E-state index contributed by atoms with van der Waals surface area (Å²) < 4.78 is 5.23. The monoisotopic (exact) mass is 318 g/mol. The van der Waals surface area contributed by atoms with E-state index < -0.39 is 5.97 Å². The van der Waals surface area contributed by atoms with Crippen molar-refractivity contribution >= 4 is 11.8 Å². The first-order valence-corrected chi connectivity index (χ1v) is 7.90. The Morgan fingerprint density at radius 2 is 1.50 bits per heavy atom. The lowest BCUT2D eigenvalue weighted by molar-refractivity contribution is -0.141. The molecule has 0 unspecified atom stereocenters. The number of carbonyl (C=O) groups excluding carboxylic acids is 2. The molecule has 3 heteroatoms. The summed E-state index contributed by atoms with van der Waals surface area (Å²) in [5.41, 5.74) is 3.18. The van der Waals surface area contributed by atoms with Crippen LogP contribution in [0.3, 0.4) is 0 Å². The van der Waals surface area contributed by atoms with E-state index >= 15 is 0 Å². The van der Waals surface area contributed by atoms with Crippen molar-refractivity contribution in [2.75, 3.05) is 0 Å². The Morgan fingerprint density at radius 3 is 2.12 bits per heavy atom. The van der Waals surface area contributed by atoms with Crippen LogP contribution in [0.25, 0.3) is 0 Å². The zero-order chi connectivity index (χ0) is 16.8. The molecule has 0 fully saturated rings. The van der Waals surface area contributed by atoms with Gasteiger partial charge in [-0.25, -0.2) is 4.79 Å². The quantitative estimate of drug-likeness (QED) is 0.622. The second-order valence-corrected chi connectivity index (χ2v) is 5.73. The van der Waals surface area contributed by atoms with E-state index in [1.807, 2.05) is 66.7 Å². The van der Waals surface area contributed by atoms with Crippen LogP contribution in [-0.2, 0) is 27.4 Å². The maximum Gasteiger partial charge on any atom is 0.342 e. The number of Topliss-reactive ketones (excluding diaryl/α,β-unsaturated/α-hetero) is 1. The summed E-state index contributed by atoms with van der Waals surface area (Å²) >= 11 is 0. The number of esters is 1. The minimum atomic E-state index is -0.557. The van der Waals surface area contributed by atoms with Gasteiger partial charge in [-0.3, -0.25) is 4.79 Å². The molecule has 3 nitrogen and oxygen atoms in total. The van der Waals surface area contributed by atoms with E-state index in [1.54, 1.807) is 6.08 Å². The third kappa shape index (κ3) is 4.07. The molecule has 0 aliphatic heterocycles. The molecule has 0 bridgehead atoms. The van der Waals surface area contributed by atoms with Crippen molar-refractivity contribution in [2.45, 2.75) is 19.4 Å². The summed E-state index contributed by atoms with van der Waals surface area (Å²) in [6, 6.07) is 19.4. The van der Waals surface area contributed by atoms with Crippen molar-refractivity contribution in [1.29, 1.82) is 0 Å². The van der Waals surface area contributed by atoms with Crippen LogP contribution < -0.4 is 0 Å². The predicted molar refractivity (Wildman–Crippen MR) is 92.2 cm³/mol. The van der Waals surface area contributed by atoms with Crippen LogP contribution in [0.15, 0.2) is 84.0 Å². The molecular formula is C21H18O3. The Bertz CT molecular complexity index is 786. The Hall–Kier alpha value is -2.94. The normalized spacial score (nSPS) is 13.9. The zero-order valence-corrected chi connectivity index (χ0v) is 13.3. The van der Waals surface area contributed by atoms with E-state index in [0.29, 0.717) is 0 Å². The average Bonchev–Trinajstić information content (AvgIpc) is 2.61. The van der Waals surface area contributed by atoms with E-state index in [4.69, 9.17) is 4.74 Å². The van der Waals surface area contributed by atoms with Crippen LogP contribution in [0.5, 0.6) is 0 Å². The molecule has 0 aromatic heterocycles. The first-order chi connectivity index (χ1) is 11.7. The van der Waals surface area contributed by atoms with Gasteiger partial charge in [0.25, 0.3) is 0 Å². The van der Waals surface area contributed by atoms with Gasteiger partial charge < -0.3 is 4.74 Å². The predicted octanol–water partition coefficient (Wildman–Crippen LogP) is 3.80. The number of ketones is 1. The van der Waals surface area contributed by atoms with Gasteiger partial charge in [0.2, 0.25) is 0 Å². The minimum absolute atomic E-state index is 0.128. The molecule has 0 saturated carbocycles. The zero-order valence-electron chi connectivity index (χ0n) is 13.3. The lowest BCUT2D eigenvalue weighted by Crippen LogP contribution is -2.19. The molecule has 1 aliphatic carbocycles. The molecule has 2 aromatic carbocycles. The van der Waals surface area contributed by atoms with Gasteiger partial charge in [0.15, 0.2) is 5.78 Å². The van der Waals surface area contributed by atoms with Crippen molar-refractivity contribution in [3.05, 3.63) is 95.1 Å². The summed E-state index contributed by atoms with van der Waals surface area (Å²) in [6.07, 6.45) is 4.42. The first-order valence-electron chi connectivity index (χ1n) is 7.90. The highest BCUT2D eigenvalue weighted by atomic mass is 16.5. The number of benzene rings is 2. The van der Waals surface area contributed by atoms with Gasteiger partial charge in [0.1, 0.15) is 12.2 Å². The fraction of sp³-hybridized carbons (Fsp3) is 0.143. The van der Waals surface area contributed by atoms with Crippen LogP contribution in [0.4, 0.5) is 0 Å². The smallest absolute Gasteiger partial charge is 0.342 e. The number of allylic oxidation sites excluding steroid dienone is 3. The molecule has 0 saturated heterocycles. The van der Waals surface area contributed by atoms with Crippen LogP contribution >= 0.6 is 0 Å². The summed E-state index contributed by atoms with van der Waals surface area (Å²) in [6.45, 7) is 0.172. The van der Waals surface area contributed by atoms with Crippen LogP contribution in [0.2, 0.25) is 0 Å². The van der Waals surface area contributed by atoms with Gasteiger partial charge in [-0.2, -0.15) is 0 Å². The Labute approximate surface area is 141 Å². The summed E-state index contributed by atoms with van der Waals surface area (Å²) in [4.78, 5) is 24.3. The van der Waals surface area contributed by atoms with Gasteiger partial charge in [-0.1, -0.05) is 72.3 Å². The molecule has 120 valence electrons. The van der Waals surface area contributed by atoms with Crippen molar-refractivity contribution in [1.82, 2.24) is 0 Å². The minimum Gasteiger partial charge on any atom is -0.457 e. The Kier molecular flexibility index (Phi) is 5.02. The van der Waals surface area contributed by atoms with Crippen molar-refractivity contribution < 1.29 is 14.3 Å². The summed E-state index contributed by atoms with van der Waals surface area (Å²) in [5, 5.41) is 0. The first kappa shape index (κ1) is 15.9. The maximum absolute atomic E-state index is 12.2. The third-order valence-electron chi connectivity index (χ3n) is 3.88. The second-order valence-electron chi connectivity index (χ2n) is 5.73. The number of hydrogen-bond donors (Lipinski definition) is 0. The molecule has 1 aliphatic rings. The number of rotatable bonds is 5. The highest BCUT2D eigenvalue weighted by Gasteiger charge is 2.23. The van der Waals surface area contributed by atoms with E-state index in [1.165, 1.54) is 0 Å². The van der Waals surface area contributed by atoms with E-state index in [9.17, 15) is 9.59 Å². The molecule has 0 spiro atoms. The highest BCUT2D eigenvalue weighted by Crippen LogP contribution is 2.20. The van der Waals surface area contributed by atoms with Gasteiger partial charge in [-0.05, 0) is 23.6 Å². The van der Waals surface area contributed by atoms with E-state index in [-0.39, 0.29) is 24.4 Å². The van der Waals surface area contributed by atoms with Gasteiger partial charge >= 0.3 is 5.97 Å². The fourth-order valence-electron chi connectivity index (χ4n) is 2.62. The Morgan fingerprint density at radius 1 is 0.875 bits per heavy atom. The molecule has 0 amide bonds. The van der Waals surface area contributed by atoms with Crippen molar-refractivity contribution in [2.24, 2.45) is 0 Å². The number of ether oxygens (including phenoxy) is 1. The molecule has 24 heavy (non-hydrogen) atoms. The number of carbonyl (C=O) groups is 2. The van der Waals surface area contributed by atoms with Crippen LogP contribution in [0.1, 0.15) is 17.5 Å². The van der Waals surface area contributed by atoms with Gasteiger partial charge in [0, 0.05) is 6.42 Å². The largest absolute Gasteiger partial charge is 0.457 e. The lowest BCUT2D eigenvalue weighted by Gasteiger charge is -2.13. The third-order valence-corrected chi connectivity index (χ3v) is 3.88. The molecule has 0 radical (unpaired) electrons. The molecule has 0 heterocycles. The van der Waals surface area contributed by atoms with Gasteiger partial charge in [-0.15, -0.1) is 0 Å². The molecule has 3 rings (SSSR count). The van der Waals surface area contributed by atoms with Crippen LogP contribution in [-0.4, -0.2) is 11.8 Å². The molecule has 0 N–H and O–H groups in total. The highest BCUT2D eigenvalue weighted by molar-refractivity contribution is 6.18.